The van der Waals surface area contributed by atoms with E-state index in [-0.39, 0.29) is 18.4 Å². The maximum atomic E-state index is 10.9. The monoisotopic (exact) mass is 296 g/mol. The van der Waals surface area contributed by atoms with Crippen molar-refractivity contribution < 1.29 is 19.4 Å². The molecule has 2 rings (SSSR count). The lowest BCUT2D eigenvalue weighted by molar-refractivity contribution is -0.138. The van der Waals surface area contributed by atoms with Crippen LogP contribution in [-0.4, -0.2) is 29.7 Å². The van der Waals surface area contributed by atoms with Crippen molar-refractivity contribution in [2.75, 3.05) is 12.5 Å². The van der Waals surface area contributed by atoms with Crippen LogP contribution in [0.15, 0.2) is 30.9 Å². The molecular weight excluding hydrogens is 280 g/mol. The second-order valence-corrected chi connectivity index (χ2v) is 5.02. The fraction of sp³-hybridized carbons (Fsp3) is 0.400. The fourth-order valence-corrected chi connectivity index (χ4v) is 2.66. The summed E-state index contributed by atoms with van der Waals surface area (Å²) in [5.74, 6) is 1.03. The lowest BCUT2D eigenvalue weighted by Crippen LogP contribution is -2.23. The Morgan fingerprint density at radius 3 is 3.00 bits per heavy atom. The number of benzene rings is 1. The van der Waals surface area contributed by atoms with Crippen LogP contribution in [0.1, 0.15) is 24.3 Å². The molecule has 0 unspecified atom stereocenters. The number of carbonyl (C=O) groups is 1. The molecule has 0 saturated carbocycles. The van der Waals surface area contributed by atoms with Crippen molar-refractivity contribution in [2.24, 2.45) is 0 Å². The highest BCUT2D eigenvalue weighted by Gasteiger charge is 2.35. The third-order valence-corrected chi connectivity index (χ3v) is 3.49. The Morgan fingerprint density at radius 2 is 2.35 bits per heavy atom. The van der Waals surface area contributed by atoms with Crippen molar-refractivity contribution in [3.8, 4) is 11.5 Å². The average Bonchev–Trinajstić information content (AvgIpc) is 2.74. The van der Waals surface area contributed by atoms with Gasteiger partial charge in [-0.2, -0.15) is 0 Å². The zero-order valence-electron chi connectivity index (χ0n) is 11.0. The van der Waals surface area contributed by atoms with Crippen LogP contribution in [0, 0.1) is 0 Å². The lowest BCUT2D eigenvalue weighted by atomic mass is 9.91. The van der Waals surface area contributed by atoms with Crippen LogP contribution < -0.4 is 9.47 Å². The van der Waals surface area contributed by atoms with Crippen molar-refractivity contribution in [3.05, 3.63) is 36.4 Å². The van der Waals surface area contributed by atoms with E-state index in [1.807, 2.05) is 18.2 Å². The second kappa shape index (κ2) is 6.66. The quantitative estimate of drug-likeness (QED) is 0.620. The van der Waals surface area contributed by atoms with Gasteiger partial charge in [0.25, 0.3) is 0 Å². The number of halogens is 1. The van der Waals surface area contributed by atoms with Gasteiger partial charge >= 0.3 is 5.97 Å². The van der Waals surface area contributed by atoms with E-state index in [4.69, 9.17) is 26.2 Å². The number of ether oxygens (including phenoxy) is 2. The molecule has 0 fully saturated rings. The van der Waals surface area contributed by atoms with Crippen molar-refractivity contribution in [1.29, 1.82) is 0 Å². The zero-order valence-corrected chi connectivity index (χ0v) is 11.8. The maximum Gasteiger partial charge on any atom is 0.307 e. The number of alkyl halides is 1. The molecule has 1 aliphatic heterocycles. The highest BCUT2D eigenvalue weighted by Crippen LogP contribution is 2.43. The number of carboxylic acid groups (broad SMARTS) is 1. The first-order valence-corrected chi connectivity index (χ1v) is 7.01. The predicted octanol–water partition coefficient (Wildman–Crippen LogP) is 3.20. The maximum absolute atomic E-state index is 10.9. The average molecular weight is 297 g/mol. The molecule has 0 aliphatic carbocycles. The molecule has 5 heteroatoms. The Kier molecular flexibility index (Phi) is 4.90. The largest absolute Gasteiger partial charge is 0.490 e. The molecule has 1 N–H and O–H groups in total. The van der Waals surface area contributed by atoms with Crippen LogP contribution in [0.25, 0.3) is 0 Å². The minimum atomic E-state index is -0.870. The SMILES string of the molecule is C=CCOc1ccc2c(c1)[C@H](CCCl)[C@@H](CC(=O)O)O2. The van der Waals surface area contributed by atoms with Gasteiger partial charge < -0.3 is 14.6 Å². The smallest absolute Gasteiger partial charge is 0.307 e. The molecule has 1 heterocycles. The number of hydrogen-bond acceptors (Lipinski definition) is 3. The molecule has 1 aromatic rings. The standard InChI is InChI=1S/C15H17ClO4/c1-2-7-19-10-3-4-13-12(8-10)11(5-6-16)14(20-13)9-15(17)18/h2-4,8,11,14H,1,5-7,9H2,(H,17,18)/t11-,14+/m0/s1. The summed E-state index contributed by atoms with van der Waals surface area (Å²) in [5.41, 5.74) is 0.971. The molecule has 0 amide bonds. The number of fused-ring (bicyclic) bond motifs is 1. The minimum absolute atomic E-state index is 0.00844. The molecule has 0 saturated heterocycles. The fourth-order valence-electron chi connectivity index (χ4n) is 2.43. The first-order valence-electron chi connectivity index (χ1n) is 6.47. The summed E-state index contributed by atoms with van der Waals surface area (Å²) in [6.45, 7) is 4.03. The highest BCUT2D eigenvalue weighted by atomic mass is 35.5. The number of aliphatic carboxylic acids is 1. The summed E-state index contributed by atoms with van der Waals surface area (Å²) >= 11 is 5.83. The first kappa shape index (κ1) is 14.7. The van der Waals surface area contributed by atoms with E-state index in [0.717, 1.165) is 17.1 Å². The third kappa shape index (κ3) is 3.25. The van der Waals surface area contributed by atoms with Crippen LogP contribution in [0.5, 0.6) is 11.5 Å². The highest BCUT2D eigenvalue weighted by molar-refractivity contribution is 6.17. The summed E-state index contributed by atoms with van der Waals surface area (Å²) in [4.78, 5) is 10.9. The third-order valence-electron chi connectivity index (χ3n) is 3.27. The van der Waals surface area contributed by atoms with Gasteiger partial charge in [0.2, 0.25) is 0 Å². The van der Waals surface area contributed by atoms with Gasteiger partial charge in [0.15, 0.2) is 0 Å². The summed E-state index contributed by atoms with van der Waals surface area (Å²) in [6.07, 6.45) is 1.96. The van der Waals surface area contributed by atoms with E-state index >= 15 is 0 Å². The molecule has 1 aromatic carbocycles. The Labute approximate surface area is 123 Å². The summed E-state index contributed by atoms with van der Waals surface area (Å²) < 4.78 is 11.2. The van der Waals surface area contributed by atoms with Crippen molar-refractivity contribution >= 4 is 17.6 Å². The van der Waals surface area contributed by atoms with E-state index in [2.05, 4.69) is 6.58 Å². The predicted molar refractivity (Wildman–Crippen MR) is 76.9 cm³/mol. The molecule has 108 valence electrons. The number of rotatable bonds is 7. The van der Waals surface area contributed by atoms with Crippen molar-refractivity contribution in [3.63, 3.8) is 0 Å². The van der Waals surface area contributed by atoms with Crippen molar-refractivity contribution in [2.45, 2.75) is 24.9 Å². The molecule has 20 heavy (non-hydrogen) atoms. The second-order valence-electron chi connectivity index (χ2n) is 4.64. The van der Waals surface area contributed by atoms with Crippen LogP contribution >= 0.6 is 11.6 Å². The Balaban J connectivity index is 2.22. The normalized spacial score (nSPS) is 20.1. The van der Waals surface area contributed by atoms with E-state index in [0.29, 0.717) is 18.9 Å². The molecule has 2 atom stereocenters. The Bertz CT molecular complexity index is 501. The Morgan fingerprint density at radius 1 is 1.55 bits per heavy atom. The molecule has 0 aromatic heterocycles. The number of hydrogen-bond donors (Lipinski definition) is 1. The van der Waals surface area contributed by atoms with Crippen LogP contribution in [-0.2, 0) is 4.79 Å². The Hall–Kier alpha value is -1.68. The lowest BCUT2D eigenvalue weighted by Gasteiger charge is -2.16. The summed E-state index contributed by atoms with van der Waals surface area (Å²) in [6, 6.07) is 5.53. The minimum Gasteiger partial charge on any atom is -0.490 e. The van der Waals surface area contributed by atoms with Gasteiger partial charge in [-0.05, 0) is 24.6 Å². The molecule has 0 spiro atoms. The van der Waals surface area contributed by atoms with Crippen LogP contribution in [0.3, 0.4) is 0 Å². The van der Waals surface area contributed by atoms with Gasteiger partial charge in [-0.25, -0.2) is 0 Å². The van der Waals surface area contributed by atoms with E-state index in [1.54, 1.807) is 6.08 Å². The molecule has 1 aliphatic rings. The van der Waals surface area contributed by atoms with Crippen LogP contribution in [0.4, 0.5) is 0 Å². The van der Waals surface area contributed by atoms with Crippen LogP contribution in [0.2, 0.25) is 0 Å². The molecular formula is C15H17ClO4. The van der Waals surface area contributed by atoms with Gasteiger partial charge in [0, 0.05) is 17.4 Å². The molecule has 0 bridgehead atoms. The van der Waals surface area contributed by atoms with Gasteiger partial charge in [-0.3, -0.25) is 4.79 Å². The van der Waals surface area contributed by atoms with Gasteiger partial charge in [0.1, 0.15) is 24.2 Å². The zero-order chi connectivity index (χ0) is 14.5. The van der Waals surface area contributed by atoms with Gasteiger partial charge in [-0.15, -0.1) is 11.6 Å². The summed E-state index contributed by atoms with van der Waals surface area (Å²) in [7, 11) is 0. The molecule has 4 nitrogen and oxygen atoms in total. The van der Waals surface area contributed by atoms with E-state index in [1.165, 1.54) is 0 Å². The summed E-state index contributed by atoms with van der Waals surface area (Å²) in [5, 5.41) is 8.96. The van der Waals surface area contributed by atoms with E-state index < -0.39 is 5.97 Å². The van der Waals surface area contributed by atoms with E-state index in [9.17, 15) is 4.79 Å². The first-order chi connectivity index (χ1) is 9.65. The number of carboxylic acids is 1. The topological polar surface area (TPSA) is 55.8 Å². The molecule has 0 radical (unpaired) electrons. The van der Waals surface area contributed by atoms with Gasteiger partial charge in [0.05, 0.1) is 6.42 Å². The van der Waals surface area contributed by atoms with Crippen molar-refractivity contribution in [1.82, 2.24) is 0 Å². The van der Waals surface area contributed by atoms with Gasteiger partial charge in [-0.1, -0.05) is 12.7 Å².